The smallest absolute Gasteiger partial charge is 0.305 e. The molecule has 0 N–H and O–H groups in total. The Morgan fingerprint density at radius 3 is 2.58 bits per heavy atom. The molecule has 162 valence electrons. The second kappa shape index (κ2) is 11.7. The zero-order chi connectivity index (χ0) is 22.1. The number of nitrogens with zero attached hydrogens (tertiary/aromatic N) is 1. The molecule has 0 unspecified atom stereocenters. The molecule has 1 fully saturated rings. The summed E-state index contributed by atoms with van der Waals surface area (Å²) in [4.78, 5) is 26.3. The zero-order valence-electron chi connectivity index (χ0n) is 17.4. The van der Waals surface area contributed by atoms with Crippen molar-refractivity contribution in [1.29, 1.82) is 0 Å². The van der Waals surface area contributed by atoms with Crippen LogP contribution in [-0.2, 0) is 20.7 Å². The molecular weight excluding hydrogens is 430 g/mol. The molecule has 0 aliphatic carbocycles. The number of rotatable bonds is 10. The van der Waals surface area contributed by atoms with E-state index in [0.717, 1.165) is 17.7 Å². The quantitative estimate of drug-likeness (QED) is 0.290. The van der Waals surface area contributed by atoms with Crippen molar-refractivity contribution in [2.24, 2.45) is 0 Å². The highest BCUT2D eigenvalue weighted by Crippen LogP contribution is 2.33. The lowest BCUT2D eigenvalue weighted by molar-refractivity contribution is -0.143. The van der Waals surface area contributed by atoms with Gasteiger partial charge in [-0.3, -0.25) is 14.5 Å². The van der Waals surface area contributed by atoms with Crippen molar-refractivity contribution in [3.8, 4) is 5.75 Å². The second-order valence-electron chi connectivity index (χ2n) is 6.90. The van der Waals surface area contributed by atoms with E-state index in [9.17, 15) is 9.59 Å². The summed E-state index contributed by atoms with van der Waals surface area (Å²) in [6.07, 6.45) is 3.48. The molecule has 0 radical (unpaired) electrons. The Morgan fingerprint density at radius 2 is 1.87 bits per heavy atom. The fourth-order valence-corrected chi connectivity index (χ4v) is 4.36. The maximum Gasteiger partial charge on any atom is 0.305 e. The number of thioether (sulfide) groups is 1. The number of amides is 1. The third kappa shape index (κ3) is 6.94. The standard InChI is InChI=1S/C24H25NO4S2/c1-2-28-22(26)9-6-15-25-23(27)21(31-24(25)30)17-19-10-12-20(13-11-19)29-16-14-18-7-4-3-5-8-18/h3-5,7-8,10-13,17H,2,6,9,14-16H2,1H3/b21-17-. The number of carbonyl (C=O) groups excluding carboxylic acids is 2. The molecular formula is C24H25NO4S2. The summed E-state index contributed by atoms with van der Waals surface area (Å²) in [5.41, 5.74) is 2.14. The van der Waals surface area contributed by atoms with Crippen LogP contribution in [0.1, 0.15) is 30.9 Å². The van der Waals surface area contributed by atoms with Gasteiger partial charge in [0.25, 0.3) is 5.91 Å². The first-order valence-corrected chi connectivity index (χ1v) is 11.5. The maximum atomic E-state index is 12.7. The minimum atomic E-state index is -0.255. The second-order valence-corrected chi connectivity index (χ2v) is 8.57. The number of ether oxygens (including phenoxy) is 2. The summed E-state index contributed by atoms with van der Waals surface area (Å²) < 4.78 is 11.2. The Kier molecular flexibility index (Phi) is 8.67. The molecule has 5 nitrogen and oxygen atoms in total. The van der Waals surface area contributed by atoms with Crippen molar-refractivity contribution in [3.63, 3.8) is 0 Å². The van der Waals surface area contributed by atoms with E-state index in [1.54, 1.807) is 11.8 Å². The Morgan fingerprint density at radius 1 is 1.13 bits per heavy atom. The largest absolute Gasteiger partial charge is 0.493 e. The maximum absolute atomic E-state index is 12.7. The Labute approximate surface area is 192 Å². The van der Waals surface area contributed by atoms with Gasteiger partial charge >= 0.3 is 5.97 Å². The van der Waals surface area contributed by atoms with Gasteiger partial charge in [0, 0.05) is 19.4 Å². The van der Waals surface area contributed by atoms with Crippen LogP contribution in [0.3, 0.4) is 0 Å². The van der Waals surface area contributed by atoms with Crippen LogP contribution in [0.25, 0.3) is 6.08 Å². The van der Waals surface area contributed by atoms with Gasteiger partial charge in [-0.15, -0.1) is 0 Å². The predicted octanol–water partition coefficient (Wildman–Crippen LogP) is 4.85. The Bertz CT molecular complexity index is 942. The van der Waals surface area contributed by atoms with Crippen LogP contribution in [0.15, 0.2) is 59.5 Å². The lowest BCUT2D eigenvalue weighted by Gasteiger charge is -2.13. The van der Waals surface area contributed by atoms with Crippen LogP contribution in [0.4, 0.5) is 0 Å². The molecule has 0 bridgehead atoms. The average molecular weight is 456 g/mol. The van der Waals surface area contributed by atoms with Crippen molar-refractivity contribution < 1.29 is 19.1 Å². The van der Waals surface area contributed by atoms with Crippen LogP contribution >= 0.6 is 24.0 Å². The van der Waals surface area contributed by atoms with E-state index in [4.69, 9.17) is 21.7 Å². The summed E-state index contributed by atoms with van der Waals surface area (Å²) in [5, 5.41) is 0. The van der Waals surface area contributed by atoms with E-state index in [0.29, 0.717) is 35.4 Å². The van der Waals surface area contributed by atoms with Gasteiger partial charge in [0.1, 0.15) is 10.1 Å². The van der Waals surface area contributed by atoms with Crippen molar-refractivity contribution in [2.45, 2.75) is 26.2 Å². The van der Waals surface area contributed by atoms with Crippen LogP contribution in [0.5, 0.6) is 5.75 Å². The van der Waals surface area contributed by atoms with Gasteiger partial charge in [-0.1, -0.05) is 66.4 Å². The van der Waals surface area contributed by atoms with Gasteiger partial charge in [0.15, 0.2) is 0 Å². The molecule has 1 aliphatic heterocycles. The number of carbonyl (C=O) groups is 2. The van der Waals surface area contributed by atoms with Crippen molar-refractivity contribution in [1.82, 2.24) is 4.90 Å². The molecule has 0 aromatic heterocycles. The number of thiocarbonyl (C=S) groups is 1. The third-order valence-electron chi connectivity index (χ3n) is 4.62. The van der Waals surface area contributed by atoms with Crippen LogP contribution in [-0.4, -0.2) is 40.9 Å². The minimum Gasteiger partial charge on any atom is -0.493 e. The van der Waals surface area contributed by atoms with Gasteiger partial charge in [-0.2, -0.15) is 0 Å². The summed E-state index contributed by atoms with van der Waals surface area (Å²) in [7, 11) is 0. The van der Waals surface area contributed by atoms with Gasteiger partial charge in [0.05, 0.1) is 18.1 Å². The first-order valence-electron chi connectivity index (χ1n) is 10.2. The highest BCUT2D eigenvalue weighted by atomic mass is 32.2. The molecule has 31 heavy (non-hydrogen) atoms. The minimum absolute atomic E-state index is 0.123. The lowest BCUT2D eigenvalue weighted by Crippen LogP contribution is -2.29. The summed E-state index contributed by atoms with van der Waals surface area (Å²) in [6.45, 7) is 3.15. The van der Waals surface area contributed by atoms with Crippen LogP contribution < -0.4 is 4.74 Å². The van der Waals surface area contributed by atoms with Gasteiger partial charge < -0.3 is 9.47 Å². The molecule has 1 saturated heterocycles. The lowest BCUT2D eigenvalue weighted by atomic mass is 10.2. The van der Waals surface area contributed by atoms with E-state index in [-0.39, 0.29) is 18.3 Å². The fourth-order valence-electron chi connectivity index (χ4n) is 3.05. The molecule has 2 aromatic rings. The highest BCUT2D eigenvalue weighted by molar-refractivity contribution is 8.26. The van der Waals surface area contributed by atoms with E-state index in [2.05, 4.69) is 12.1 Å². The molecule has 3 rings (SSSR count). The first-order chi connectivity index (χ1) is 15.1. The summed E-state index contributed by atoms with van der Waals surface area (Å²) >= 11 is 6.62. The molecule has 7 heteroatoms. The van der Waals surface area contributed by atoms with E-state index < -0.39 is 0 Å². The third-order valence-corrected chi connectivity index (χ3v) is 6.00. The number of hydrogen-bond donors (Lipinski definition) is 0. The Balaban J connectivity index is 1.51. The Hall–Kier alpha value is -2.64. The molecule has 1 aliphatic rings. The van der Waals surface area contributed by atoms with Crippen molar-refractivity contribution in [2.75, 3.05) is 19.8 Å². The van der Waals surface area contributed by atoms with E-state index in [1.807, 2.05) is 48.5 Å². The molecule has 1 amide bonds. The molecule has 0 saturated carbocycles. The van der Waals surface area contributed by atoms with Crippen molar-refractivity contribution >= 4 is 46.3 Å². The predicted molar refractivity (Wildman–Crippen MR) is 128 cm³/mol. The van der Waals surface area contributed by atoms with Gasteiger partial charge in [-0.05, 0) is 42.7 Å². The topological polar surface area (TPSA) is 55.8 Å². The summed E-state index contributed by atoms with van der Waals surface area (Å²) in [5.74, 6) is 0.413. The molecule has 0 spiro atoms. The van der Waals surface area contributed by atoms with Gasteiger partial charge in [0.2, 0.25) is 0 Å². The average Bonchev–Trinajstić information content (AvgIpc) is 3.03. The van der Waals surface area contributed by atoms with Crippen LogP contribution in [0, 0.1) is 0 Å². The summed E-state index contributed by atoms with van der Waals surface area (Å²) in [6, 6.07) is 17.9. The number of hydrogen-bond acceptors (Lipinski definition) is 6. The first kappa shape index (κ1) is 23.0. The van der Waals surface area contributed by atoms with Crippen LogP contribution in [0.2, 0.25) is 0 Å². The zero-order valence-corrected chi connectivity index (χ0v) is 19.0. The highest BCUT2D eigenvalue weighted by Gasteiger charge is 2.31. The van der Waals surface area contributed by atoms with Crippen molar-refractivity contribution in [3.05, 3.63) is 70.6 Å². The SMILES string of the molecule is CCOC(=O)CCCN1C(=O)/C(=C/c2ccc(OCCc3ccccc3)cc2)SC1=S. The monoisotopic (exact) mass is 455 g/mol. The van der Waals surface area contributed by atoms with E-state index >= 15 is 0 Å². The normalized spacial score (nSPS) is 14.9. The molecule has 1 heterocycles. The van der Waals surface area contributed by atoms with E-state index in [1.165, 1.54) is 17.3 Å². The molecule has 2 aromatic carbocycles. The number of benzene rings is 2. The number of esters is 1. The van der Waals surface area contributed by atoms with Gasteiger partial charge in [-0.25, -0.2) is 0 Å². The fraction of sp³-hybridized carbons (Fsp3) is 0.292. The molecule has 0 atom stereocenters.